The van der Waals surface area contributed by atoms with Crippen LogP contribution in [0.5, 0.6) is 5.75 Å². The largest absolute Gasteiger partial charge is 0.496 e. The maximum absolute atomic E-state index is 13.4. The SMILES string of the molecule is COc1ccccc1CCNC(=S)NC1N=C(c2ccccc2Cl)c2cc(Cl)ccc2N(C)C1=O. The van der Waals surface area contributed by atoms with E-state index in [0.29, 0.717) is 50.6 Å². The maximum atomic E-state index is 13.4. The summed E-state index contributed by atoms with van der Waals surface area (Å²) >= 11 is 18.3. The molecule has 0 saturated carbocycles. The first-order valence-electron chi connectivity index (χ1n) is 11.0. The van der Waals surface area contributed by atoms with E-state index in [-0.39, 0.29) is 5.91 Å². The number of anilines is 1. The van der Waals surface area contributed by atoms with Crippen molar-refractivity contribution in [1.82, 2.24) is 10.6 Å². The third kappa shape index (κ3) is 5.59. The molecule has 0 aliphatic carbocycles. The van der Waals surface area contributed by atoms with Crippen LogP contribution in [-0.2, 0) is 11.2 Å². The standard InChI is InChI=1S/C26H24Cl2N4O2S/c1-32-21-12-11-17(27)15-19(21)23(18-8-4-5-9-20(18)28)30-24(25(32)33)31-26(35)29-14-13-16-7-3-6-10-22(16)34-2/h3-12,15,24H,13-14H2,1-2H3,(H2,29,31,35). The van der Waals surface area contributed by atoms with E-state index in [9.17, 15) is 4.79 Å². The minimum Gasteiger partial charge on any atom is -0.496 e. The molecule has 0 radical (unpaired) electrons. The van der Waals surface area contributed by atoms with Crippen LogP contribution in [0.2, 0.25) is 10.0 Å². The summed E-state index contributed by atoms with van der Waals surface area (Å²) in [5.41, 5.74) is 3.70. The fraction of sp³-hybridized carbons (Fsp3) is 0.192. The van der Waals surface area contributed by atoms with Gasteiger partial charge in [-0.05, 0) is 54.5 Å². The lowest BCUT2D eigenvalue weighted by molar-refractivity contribution is -0.119. The molecule has 4 rings (SSSR count). The number of likely N-dealkylation sites (N-methyl/N-ethyl adjacent to an activating group) is 1. The molecule has 1 heterocycles. The Hall–Kier alpha value is -3.13. The van der Waals surface area contributed by atoms with Crippen molar-refractivity contribution in [3.63, 3.8) is 0 Å². The van der Waals surface area contributed by atoms with Crippen molar-refractivity contribution in [2.45, 2.75) is 12.6 Å². The van der Waals surface area contributed by atoms with E-state index in [1.54, 1.807) is 43.3 Å². The molecule has 180 valence electrons. The van der Waals surface area contributed by atoms with Crippen LogP contribution in [0.15, 0.2) is 71.7 Å². The number of hydrogen-bond acceptors (Lipinski definition) is 4. The number of carbonyl (C=O) groups excluding carboxylic acids is 1. The van der Waals surface area contributed by atoms with Crippen molar-refractivity contribution in [2.75, 3.05) is 25.6 Å². The normalized spacial score (nSPS) is 15.1. The summed E-state index contributed by atoms with van der Waals surface area (Å²) < 4.78 is 5.40. The van der Waals surface area contributed by atoms with Gasteiger partial charge < -0.3 is 20.3 Å². The number of nitrogens with one attached hydrogen (secondary N) is 2. The van der Waals surface area contributed by atoms with Crippen molar-refractivity contribution in [3.8, 4) is 5.75 Å². The van der Waals surface area contributed by atoms with Crippen LogP contribution in [-0.4, -0.2) is 43.6 Å². The van der Waals surface area contributed by atoms with Gasteiger partial charge in [0.15, 0.2) is 5.11 Å². The molecule has 0 bridgehead atoms. The summed E-state index contributed by atoms with van der Waals surface area (Å²) in [6, 6.07) is 20.5. The lowest BCUT2D eigenvalue weighted by Crippen LogP contribution is -2.49. The number of aliphatic imine (C=N–C) groups is 1. The number of benzodiazepines with no additional fused rings is 1. The van der Waals surface area contributed by atoms with Crippen LogP contribution in [0.3, 0.4) is 0 Å². The van der Waals surface area contributed by atoms with Gasteiger partial charge in [-0.25, -0.2) is 4.99 Å². The van der Waals surface area contributed by atoms with Gasteiger partial charge in [0, 0.05) is 34.8 Å². The molecule has 35 heavy (non-hydrogen) atoms. The van der Waals surface area contributed by atoms with Gasteiger partial charge in [-0.15, -0.1) is 0 Å². The van der Waals surface area contributed by atoms with Crippen molar-refractivity contribution < 1.29 is 9.53 Å². The molecule has 3 aromatic rings. The van der Waals surface area contributed by atoms with E-state index < -0.39 is 6.17 Å². The first kappa shape index (κ1) is 25.0. The van der Waals surface area contributed by atoms with Crippen LogP contribution in [0.4, 0.5) is 5.69 Å². The van der Waals surface area contributed by atoms with Crippen LogP contribution in [0.25, 0.3) is 0 Å². The Morgan fingerprint density at radius 3 is 2.60 bits per heavy atom. The Labute approximate surface area is 219 Å². The number of thiocarbonyl (C=S) groups is 1. The Morgan fingerprint density at radius 2 is 1.83 bits per heavy atom. The monoisotopic (exact) mass is 526 g/mol. The zero-order chi connectivity index (χ0) is 24.9. The number of benzene rings is 3. The Morgan fingerprint density at radius 1 is 1.09 bits per heavy atom. The number of halogens is 2. The van der Waals surface area contributed by atoms with E-state index in [1.807, 2.05) is 42.5 Å². The van der Waals surface area contributed by atoms with Gasteiger partial charge in [-0.1, -0.05) is 59.6 Å². The molecule has 2 N–H and O–H groups in total. The maximum Gasteiger partial charge on any atom is 0.272 e. The van der Waals surface area contributed by atoms with Gasteiger partial charge in [-0.3, -0.25) is 4.79 Å². The Bertz CT molecular complexity index is 1300. The van der Waals surface area contributed by atoms with Crippen LogP contribution < -0.4 is 20.3 Å². The average Bonchev–Trinajstić information content (AvgIpc) is 2.95. The lowest BCUT2D eigenvalue weighted by atomic mass is 10.00. The molecule has 1 unspecified atom stereocenters. The summed E-state index contributed by atoms with van der Waals surface area (Å²) in [6.07, 6.45) is -0.258. The number of amides is 1. The summed E-state index contributed by atoms with van der Waals surface area (Å²) in [6.45, 7) is 0.555. The second kappa shape index (κ2) is 11.1. The molecule has 1 atom stereocenters. The number of fused-ring (bicyclic) bond motifs is 1. The minimum absolute atomic E-state index is 0.260. The highest BCUT2D eigenvalue weighted by Gasteiger charge is 2.31. The third-order valence-corrected chi connectivity index (χ3v) is 6.49. The molecule has 0 saturated heterocycles. The molecule has 9 heteroatoms. The lowest BCUT2D eigenvalue weighted by Gasteiger charge is -2.22. The topological polar surface area (TPSA) is 66.0 Å². The molecule has 0 fully saturated rings. The van der Waals surface area contributed by atoms with Crippen LogP contribution >= 0.6 is 35.4 Å². The number of carbonyl (C=O) groups is 1. The van der Waals surface area contributed by atoms with E-state index in [4.69, 9.17) is 45.1 Å². The van der Waals surface area contributed by atoms with Gasteiger partial charge in [0.05, 0.1) is 18.5 Å². The summed E-state index contributed by atoms with van der Waals surface area (Å²) in [4.78, 5) is 19.7. The molecule has 6 nitrogen and oxygen atoms in total. The van der Waals surface area contributed by atoms with Gasteiger partial charge in [0.2, 0.25) is 6.17 Å². The summed E-state index contributed by atoms with van der Waals surface area (Å²) in [7, 11) is 3.35. The zero-order valence-electron chi connectivity index (χ0n) is 19.2. The molecule has 1 aliphatic rings. The number of rotatable bonds is 6. The highest BCUT2D eigenvalue weighted by Crippen LogP contribution is 2.31. The van der Waals surface area contributed by atoms with Gasteiger partial charge in [0.1, 0.15) is 5.75 Å². The van der Waals surface area contributed by atoms with Gasteiger partial charge in [0.25, 0.3) is 5.91 Å². The summed E-state index contributed by atoms with van der Waals surface area (Å²) in [5, 5.41) is 7.58. The van der Waals surface area contributed by atoms with Crippen molar-refractivity contribution in [2.24, 2.45) is 4.99 Å². The average molecular weight is 527 g/mol. The van der Waals surface area contributed by atoms with E-state index in [0.717, 1.165) is 11.3 Å². The first-order valence-corrected chi connectivity index (χ1v) is 12.1. The Balaban J connectivity index is 1.59. The molecule has 1 aliphatic heterocycles. The number of nitrogens with zero attached hydrogens (tertiary/aromatic N) is 2. The number of hydrogen-bond donors (Lipinski definition) is 2. The molecular formula is C26H24Cl2N4O2S. The van der Waals surface area contributed by atoms with E-state index in [1.165, 1.54) is 0 Å². The highest BCUT2D eigenvalue weighted by atomic mass is 35.5. The first-order chi connectivity index (χ1) is 16.9. The molecule has 0 aromatic heterocycles. The molecule has 1 amide bonds. The highest BCUT2D eigenvalue weighted by molar-refractivity contribution is 7.80. The van der Waals surface area contributed by atoms with Crippen molar-refractivity contribution in [3.05, 3.63) is 93.5 Å². The van der Waals surface area contributed by atoms with Crippen molar-refractivity contribution in [1.29, 1.82) is 0 Å². The van der Waals surface area contributed by atoms with Crippen LogP contribution in [0.1, 0.15) is 16.7 Å². The van der Waals surface area contributed by atoms with Gasteiger partial charge >= 0.3 is 0 Å². The number of methoxy groups -OCH3 is 1. The third-order valence-electron chi connectivity index (χ3n) is 5.67. The molecule has 0 spiro atoms. The fourth-order valence-corrected chi connectivity index (χ4v) is 4.51. The molecular weight excluding hydrogens is 503 g/mol. The predicted molar refractivity (Wildman–Crippen MR) is 146 cm³/mol. The minimum atomic E-state index is -0.955. The number of ether oxygens (including phenoxy) is 1. The van der Waals surface area contributed by atoms with Crippen LogP contribution in [0, 0.1) is 0 Å². The van der Waals surface area contributed by atoms with E-state index in [2.05, 4.69) is 10.6 Å². The van der Waals surface area contributed by atoms with Crippen molar-refractivity contribution >= 4 is 57.8 Å². The second-order valence-electron chi connectivity index (χ2n) is 7.88. The fourth-order valence-electron chi connectivity index (χ4n) is 3.90. The zero-order valence-corrected chi connectivity index (χ0v) is 21.5. The quantitative estimate of drug-likeness (QED) is 0.449. The smallest absolute Gasteiger partial charge is 0.272 e. The second-order valence-corrected chi connectivity index (χ2v) is 9.13. The summed E-state index contributed by atoms with van der Waals surface area (Å²) in [5.74, 6) is 0.559. The Kier molecular flexibility index (Phi) is 7.90. The molecule has 3 aromatic carbocycles. The number of para-hydroxylation sites is 1. The predicted octanol–water partition coefficient (Wildman–Crippen LogP) is 4.85. The van der Waals surface area contributed by atoms with E-state index >= 15 is 0 Å². The van der Waals surface area contributed by atoms with Gasteiger partial charge in [-0.2, -0.15) is 0 Å².